The third-order valence-corrected chi connectivity index (χ3v) is 6.46. The zero-order valence-corrected chi connectivity index (χ0v) is 14.3. The summed E-state index contributed by atoms with van der Waals surface area (Å²) in [5.41, 5.74) is 1.84. The number of ether oxygens (including phenoxy) is 2. The fourth-order valence-electron chi connectivity index (χ4n) is 3.32. The Morgan fingerprint density at radius 2 is 1.79 bits per heavy atom. The van der Waals surface area contributed by atoms with Crippen LogP contribution in [0.3, 0.4) is 0 Å². The minimum Gasteiger partial charge on any atom is -0.486 e. The molecular formula is C18H19NO4S. The summed E-state index contributed by atoms with van der Waals surface area (Å²) in [6.07, 6.45) is 1.70. The van der Waals surface area contributed by atoms with Crippen LogP contribution in [0.1, 0.15) is 18.9 Å². The Labute approximate surface area is 141 Å². The first kappa shape index (κ1) is 15.3. The number of para-hydroxylation sites is 1. The molecule has 2 aromatic carbocycles. The maximum absolute atomic E-state index is 13.3. The summed E-state index contributed by atoms with van der Waals surface area (Å²) >= 11 is 0. The first-order valence-corrected chi connectivity index (χ1v) is 9.53. The highest BCUT2D eigenvalue weighted by Crippen LogP contribution is 2.38. The molecule has 0 N–H and O–H groups in total. The fourth-order valence-corrected chi connectivity index (χ4v) is 5.06. The minimum absolute atomic E-state index is 0.0851. The topological polar surface area (TPSA) is 55.8 Å². The maximum Gasteiger partial charge on any atom is 0.264 e. The van der Waals surface area contributed by atoms with Crippen LogP contribution in [0.15, 0.2) is 47.4 Å². The van der Waals surface area contributed by atoms with Gasteiger partial charge in [-0.2, -0.15) is 0 Å². The quantitative estimate of drug-likeness (QED) is 0.840. The zero-order valence-electron chi connectivity index (χ0n) is 13.4. The Bertz CT molecular complexity index is 878. The SMILES string of the molecule is CC1CCc2ccccc2N1S(=O)(=O)c1ccc2c(c1)OCCO2. The molecular weight excluding hydrogens is 326 g/mol. The van der Waals surface area contributed by atoms with Crippen molar-refractivity contribution in [3.8, 4) is 11.5 Å². The molecule has 2 aliphatic heterocycles. The summed E-state index contributed by atoms with van der Waals surface area (Å²) in [6, 6.07) is 12.4. The van der Waals surface area contributed by atoms with Crippen molar-refractivity contribution in [2.75, 3.05) is 17.5 Å². The van der Waals surface area contributed by atoms with Crippen LogP contribution < -0.4 is 13.8 Å². The fraction of sp³-hybridized carbons (Fsp3) is 0.333. The molecule has 0 bridgehead atoms. The number of rotatable bonds is 2. The van der Waals surface area contributed by atoms with Gasteiger partial charge in [0.1, 0.15) is 13.2 Å². The highest BCUT2D eigenvalue weighted by Gasteiger charge is 2.34. The molecule has 0 saturated heterocycles. The highest BCUT2D eigenvalue weighted by molar-refractivity contribution is 7.92. The maximum atomic E-state index is 13.3. The highest BCUT2D eigenvalue weighted by atomic mass is 32.2. The Hall–Kier alpha value is -2.21. The van der Waals surface area contributed by atoms with E-state index in [1.54, 1.807) is 18.2 Å². The Balaban J connectivity index is 1.80. The van der Waals surface area contributed by atoms with E-state index in [0.29, 0.717) is 24.7 Å². The van der Waals surface area contributed by atoms with Crippen molar-refractivity contribution in [1.82, 2.24) is 0 Å². The molecule has 0 amide bonds. The van der Waals surface area contributed by atoms with Crippen LogP contribution in [0.2, 0.25) is 0 Å². The van der Waals surface area contributed by atoms with Crippen LogP contribution >= 0.6 is 0 Å². The first-order valence-electron chi connectivity index (χ1n) is 8.09. The van der Waals surface area contributed by atoms with E-state index >= 15 is 0 Å². The van der Waals surface area contributed by atoms with E-state index in [-0.39, 0.29) is 10.9 Å². The van der Waals surface area contributed by atoms with E-state index in [0.717, 1.165) is 24.1 Å². The molecule has 0 saturated carbocycles. The molecule has 1 unspecified atom stereocenters. The van der Waals surface area contributed by atoms with E-state index in [9.17, 15) is 8.42 Å². The normalized spacial score (nSPS) is 19.7. The molecule has 126 valence electrons. The largest absolute Gasteiger partial charge is 0.486 e. The number of benzene rings is 2. The monoisotopic (exact) mass is 345 g/mol. The number of sulfonamides is 1. The van der Waals surface area contributed by atoms with Crippen LogP contribution in [-0.4, -0.2) is 27.7 Å². The number of fused-ring (bicyclic) bond motifs is 2. The van der Waals surface area contributed by atoms with Crippen LogP contribution in [-0.2, 0) is 16.4 Å². The lowest BCUT2D eigenvalue weighted by atomic mass is 9.99. The van der Waals surface area contributed by atoms with Crippen LogP contribution in [0.5, 0.6) is 11.5 Å². The van der Waals surface area contributed by atoms with Crippen molar-refractivity contribution in [3.63, 3.8) is 0 Å². The number of nitrogens with zero attached hydrogens (tertiary/aromatic N) is 1. The lowest BCUT2D eigenvalue weighted by Crippen LogP contribution is -2.42. The van der Waals surface area contributed by atoms with Gasteiger partial charge in [0.2, 0.25) is 0 Å². The standard InChI is InChI=1S/C18H19NO4S/c1-13-6-7-14-4-2-3-5-16(14)19(13)24(20,21)15-8-9-17-18(12-15)23-11-10-22-17/h2-5,8-9,12-13H,6-7,10-11H2,1H3. The Morgan fingerprint density at radius 3 is 2.62 bits per heavy atom. The molecule has 24 heavy (non-hydrogen) atoms. The summed E-state index contributed by atoms with van der Waals surface area (Å²) in [7, 11) is -3.66. The third kappa shape index (κ3) is 2.41. The molecule has 2 aliphatic rings. The third-order valence-electron chi connectivity index (χ3n) is 4.53. The summed E-state index contributed by atoms with van der Waals surface area (Å²) in [5, 5.41) is 0. The number of hydrogen-bond acceptors (Lipinski definition) is 4. The summed E-state index contributed by atoms with van der Waals surface area (Å²) in [6.45, 7) is 2.86. The lowest BCUT2D eigenvalue weighted by Gasteiger charge is -2.36. The van der Waals surface area contributed by atoms with Gasteiger partial charge in [-0.05, 0) is 43.5 Å². The van der Waals surface area contributed by atoms with Crippen LogP contribution in [0, 0.1) is 0 Å². The number of anilines is 1. The first-order chi connectivity index (χ1) is 11.6. The van der Waals surface area contributed by atoms with Crippen molar-refractivity contribution in [1.29, 1.82) is 0 Å². The van der Waals surface area contributed by atoms with Crippen molar-refractivity contribution in [2.24, 2.45) is 0 Å². The van der Waals surface area contributed by atoms with Crippen molar-refractivity contribution in [2.45, 2.75) is 30.7 Å². The van der Waals surface area contributed by atoms with Gasteiger partial charge in [-0.1, -0.05) is 18.2 Å². The molecule has 0 spiro atoms. The van der Waals surface area contributed by atoms with Gasteiger partial charge in [0.25, 0.3) is 10.0 Å². The van der Waals surface area contributed by atoms with Crippen molar-refractivity contribution in [3.05, 3.63) is 48.0 Å². The second-order valence-electron chi connectivity index (χ2n) is 6.12. The second-order valence-corrected chi connectivity index (χ2v) is 7.94. The predicted octanol–water partition coefficient (Wildman–Crippen LogP) is 2.99. The summed E-state index contributed by atoms with van der Waals surface area (Å²) < 4.78 is 39.1. The van der Waals surface area contributed by atoms with E-state index in [1.165, 1.54) is 4.31 Å². The van der Waals surface area contributed by atoms with Gasteiger partial charge in [0.15, 0.2) is 11.5 Å². The molecule has 5 nitrogen and oxygen atoms in total. The molecule has 6 heteroatoms. The lowest BCUT2D eigenvalue weighted by molar-refractivity contribution is 0.171. The summed E-state index contributed by atoms with van der Waals surface area (Å²) in [4.78, 5) is 0.232. The average Bonchev–Trinajstić information content (AvgIpc) is 2.61. The average molecular weight is 345 g/mol. The predicted molar refractivity (Wildman–Crippen MR) is 91.3 cm³/mol. The van der Waals surface area contributed by atoms with Gasteiger partial charge in [-0.15, -0.1) is 0 Å². The van der Waals surface area contributed by atoms with Gasteiger partial charge >= 0.3 is 0 Å². The van der Waals surface area contributed by atoms with E-state index in [1.807, 2.05) is 31.2 Å². The van der Waals surface area contributed by atoms with Gasteiger partial charge in [-0.25, -0.2) is 8.42 Å². The van der Waals surface area contributed by atoms with Crippen molar-refractivity contribution >= 4 is 15.7 Å². The summed E-state index contributed by atoms with van der Waals surface area (Å²) in [5.74, 6) is 1.08. The molecule has 0 aliphatic carbocycles. The van der Waals surface area contributed by atoms with E-state index < -0.39 is 10.0 Å². The van der Waals surface area contributed by atoms with Crippen LogP contribution in [0.4, 0.5) is 5.69 Å². The molecule has 0 aromatic heterocycles. The van der Waals surface area contributed by atoms with E-state index in [4.69, 9.17) is 9.47 Å². The second kappa shape index (κ2) is 5.70. The number of hydrogen-bond donors (Lipinski definition) is 0. The molecule has 1 atom stereocenters. The van der Waals surface area contributed by atoms with Gasteiger partial charge in [0, 0.05) is 12.1 Å². The van der Waals surface area contributed by atoms with Crippen molar-refractivity contribution < 1.29 is 17.9 Å². The molecule has 2 aromatic rings. The van der Waals surface area contributed by atoms with Gasteiger partial charge < -0.3 is 9.47 Å². The number of aryl methyl sites for hydroxylation is 1. The minimum atomic E-state index is -3.66. The smallest absolute Gasteiger partial charge is 0.264 e. The molecule has 0 fully saturated rings. The van der Waals surface area contributed by atoms with E-state index in [2.05, 4.69) is 0 Å². The Kier molecular flexibility index (Phi) is 3.64. The van der Waals surface area contributed by atoms with Gasteiger partial charge in [0.05, 0.1) is 10.6 Å². The Morgan fingerprint density at radius 1 is 1.04 bits per heavy atom. The zero-order chi connectivity index (χ0) is 16.7. The molecule has 0 radical (unpaired) electrons. The van der Waals surface area contributed by atoms with Gasteiger partial charge in [-0.3, -0.25) is 4.31 Å². The molecule has 4 rings (SSSR count). The molecule has 2 heterocycles. The van der Waals surface area contributed by atoms with Crippen LogP contribution in [0.25, 0.3) is 0 Å².